The molecule has 0 aliphatic rings. The number of hydrogen-bond donors (Lipinski definition) is 2. The minimum Gasteiger partial charge on any atom is -0.478 e. The van der Waals surface area contributed by atoms with Crippen LogP contribution in [0.5, 0.6) is 0 Å². The fraction of sp³-hybridized carbons (Fsp3) is 0. The van der Waals surface area contributed by atoms with Gasteiger partial charge < -0.3 is 10.4 Å². The molecule has 0 radical (unpaired) electrons. The Bertz CT molecular complexity index is 734. The van der Waals surface area contributed by atoms with Crippen LogP contribution in [0.15, 0.2) is 40.9 Å². The topological polar surface area (TPSA) is 66.4 Å². The van der Waals surface area contributed by atoms with Gasteiger partial charge in [-0.15, -0.1) is 0 Å². The van der Waals surface area contributed by atoms with E-state index < -0.39 is 11.9 Å². The van der Waals surface area contributed by atoms with Crippen molar-refractivity contribution < 1.29 is 14.7 Å². The van der Waals surface area contributed by atoms with Crippen LogP contribution < -0.4 is 5.32 Å². The zero-order valence-corrected chi connectivity index (χ0v) is 13.5. The summed E-state index contributed by atoms with van der Waals surface area (Å²) < 4.78 is 0.604. The molecule has 108 valence electrons. The van der Waals surface area contributed by atoms with E-state index in [0.29, 0.717) is 9.50 Å². The summed E-state index contributed by atoms with van der Waals surface area (Å²) in [7, 11) is 0. The summed E-state index contributed by atoms with van der Waals surface area (Å²) in [5, 5.41) is 12.3. The maximum atomic E-state index is 12.1. The summed E-state index contributed by atoms with van der Waals surface area (Å²) in [6, 6.07) is 8.96. The average Bonchev–Trinajstić information content (AvgIpc) is 2.43. The van der Waals surface area contributed by atoms with Gasteiger partial charge in [0.2, 0.25) is 0 Å². The predicted molar refractivity (Wildman–Crippen MR) is 85.5 cm³/mol. The van der Waals surface area contributed by atoms with Gasteiger partial charge in [0, 0.05) is 10.0 Å². The molecule has 2 rings (SSSR count). The molecule has 2 aromatic rings. The molecule has 0 aliphatic carbocycles. The number of carboxylic acid groups (broad SMARTS) is 1. The molecule has 1 amide bonds. The fourth-order valence-corrected chi connectivity index (χ4v) is 2.29. The first kappa shape index (κ1) is 15.8. The molecule has 0 aliphatic heterocycles. The molecule has 0 bridgehead atoms. The molecule has 7 heteroatoms. The van der Waals surface area contributed by atoms with Gasteiger partial charge in [-0.1, -0.05) is 39.1 Å². The summed E-state index contributed by atoms with van der Waals surface area (Å²) in [4.78, 5) is 23.3. The maximum absolute atomic E-state index is 12.1. The van der Waals surface area contributed by atoms with Gasteiger partial charge in [-0.25, -0.2) is 4.79 Å². The van der Waals surface area contributed by atoms with E-state index in [1.165, 1.54) is 30.3 Å². The van der Waals surface area contributed by atoms with Gasteiger partial charge in [-0.3, -0.25) is 4.79 Å². The number of hydrogen-bond acceptors (Lipinski definition) is 2. The van der Waals surface area contributed by atoms with Crippen LogP contribution in [-0.4, -0.2) is 17.0 Å². The van der Waals surface area contributed by atoms with Crippen LogP contribution in [0.1, 0.15) is 20.7 Å². The van der Waals surface area contributed by atoms with Crippen LogP contribution >= 0.6 is 39.1 Å². The molecule has 0 aromatic heterocycles. The third-order valence-electron chi connectivity index (χ3n) is 2.64. The van der Waals surface area contributed by atoms with Crippen molar-refractivity contribution in [3.63, 3.8) is 0 Å². The Kier molecular flexibility index (Phi) is 4.88. The zero-order valence-electron chi connectivity index (χ0n) is 10.4. The highest BCUT2D eigenvalue weighted by Gasteiger charge is 2.14. The number of rotatable bonds is 3. The average molecular weight is 389 g/mol. The molecule has 2 aromatic carbocycles. The van der Waals surface area contributed by atoms with Gasteiger partial charge in [0.15, 0.2) is 0 Å². The summed E-state index contributed by atoms with van der Waals surface area (Å²) in [6.07, 6.45) is 0. The van der Waals surface area contributed by atoms with Gasteiger partial charge in [0.25, 0.3) is 5.91 Å². The standard InChI is InChI=1S/C14H8BrCl2NO3/c15-8-2-4-12(9(6-8)14(20)21)18-13(19)7-1-3-10(16)11(17)5-7/h1-6H,(H,18,19)(H,20,21). The first-order valence-corrected chi connectivity index (χ1v) is 7.22. The van der Waals surface area contributed by atoms with Gasteiger partial charge in [-0.2, -0.15) is 0 Å². The molecule has 4 nitrogen and oxygen atoms in total. The van der Waals surface area contributed by atoms with Crippen molar-refractivity contribution in [3.8, 4) is 0 Å². The van der Waals surface area contributed by atoms with Crippen LogP contribution in [0.4, 0.5) is 5.69 Å². The van der Waals surface area contributed by atoms with Crippen LogP contribution in [0.3, 0.4) is 0 Å². The van der Waals surface area contributed by atoms with Gasteiger partial charge in [0.05, 0.1) is 21.3 Å². The first-order chi connectivity index (χ1) is 9.88. The molecule has 2 N–H and O–H groups in total. The summed E-state index contributed by atoms with van der Waals surface area (Å²) >= 11 is 14.8. The van der Waals surface area contributed by atoms with E-state index in [-0.39, 0.29) is 21.8 Å². The van der Waals surface area contributed by atoms with Crippen LogP contribution in [0, 0.1) is 0 Å². The fourth-order valence-electron chi connectivity index (χ4n) is 1.63. The Hall–Kier alpha value is -1.56. The molecule has 0 unspecified atom stereocenters. The minimum atomic E-state index is -1.14. The second-order valence-electron chi connectivity index (χ2n) is 4.08. The molecular formula is C14H8BrCl2NO3. The summed E-state index contributed by atoms with van der Waals surface area (Å²) in [6.45, 7) is 0. The lowest BCUT2D eigenvalue weighted by Crippen LogP contribution is -2.14. The largest absolute Gasteiger partial charge is 0.478 e. The van der Waals surface area contributed by atoms with Crippen LogP contribution in [0.25, 0.3) is 0 Å². The van der Waals surface area contributed by atoms with Gasteiger partial charge in [0.1, 0.15) is 0 Å². The molecule has 21 heavy (non-hydrogen) atoms. The normalized spacial score (nSPS) is 10.2. The van der Waals surface area contributed by atoms with Crippen LogP contribution in [0.2, 0.25) is 10.0 Å². The Morgan fingerprint density at radius 1 is 1.05 bits per heavy atom. The number of halogens is 3. The highest BCUT2D eigenvalue weighted by atomic mass is 79.9. The van der Waals surface area contributed by atoms with E-state index in [9.17, 15) is 9.59 Å². The molecule has 0 fully saturated rings. The number of carbonyl (C=O) groups excluding carboxylic acids is 1. The Balaban J connectivity index is 2.31. The lowest BCUT2D eigenvalue weighted by molar-refractivity contribution is 0.0698. The Labute approximate surface area is 138 Å². The van der Waals surface area contributed by atoms with Crippen LogP contribution in [-0.2, 0) is 0 Å². The molecule has 0 saturated carbocycles. The summed E-state index contributed by atoms with van der Waals surface area (Å²) in [5.41, 5.74) is 0.461. The predicted octanol–water partition coefficient (Wildman–Crippen LogP) is 4.71. The van der Waals surface area contributed by atoms with E-state index in [0.717, 1.165) is 0 Å². The van der Waals surface area contributed by atoms with Gasteiger partial charge >= 0.3 is 5.97 Å². The lowest BCUT2D eigenvalue weighted by Gasteiger charge is -2.09. The summed E-state index contributed by atoms with van der Waals surface area (Å²) in [5.74, 6) is -1.61. The molecule has 0 saturated heterocycles. The minimum absolute atomic E-state index is 0.0159. The van der Waals surface area contributed by atoms with Crippen molar-refractivity contribution in [2.24, 2.45) is 0 Å². The van der Waals surface area contributed by atoms with Gasteiger partial charge in [-0.05, 0) is 36.4 Å². The van der Waals surface area contributed by atoms with E-state index >= 15 is 0 Å². The highest BCUT2D eigenvalue weighted by molar-refractivity contribution is 9.10. The van der Waals surface area contributed by atoms with Crippen molar-refractivity contribution in [1.29, 1.82) is 0 Å². The van der Waals surface area contributed by atoms with Crippen molar-refractivity contribution in [2.75, 3.05) is 5.32 Å². The number of amides is 1. The molecule has 0 spiro atoms. The van der Waals surface area contributed by atoms with Crippen molar-refractivity contribution in [3.05, 3.63) is 62.0 Å². The zero-order chi connectivity index (χ0) is 15.6. The first-order valence-electron chi connectivity index (χ1n) is 5.67. The second-order valence-corrected chi connectivity index (χ2v) is 5.81. The third-order valence-corrected chi connectivity index (χ3v) is 3.87. The number of aromatic carboxylic acids is 1. The highest BCUT2D eigenvalue weighted by Crippen LogP contribution is 2.25. The number of carbonyl (C=O) groups is 2. The van der Waals surface area contributed by atoms with E-state index in [1.54, 1.807) is 6.07 Å². The number of benzene rings is 2. The smallest absolute Gasteiger partial charge is 0.337 e. The van der Waals surface area contributed by atoms with Crippen molar-refractivity contribution in [2.45, 2.75) is 0 Å². The quantitative estimate of drug-likeness (QED) is 0.800. The maximum Gasteiger partial charge on any atom is 0.337 e. The molecular weight excluding hydrogens is 381 g/mol. The SMILES string of the molecule is O=C(Nc1ccc(Br)cc1C(=O)O)c1ccc(Cl)c(Cl)c1. The van der Waals surface area contributed by atoms with Crippen molar-refractivity contribution >= 4 is 56.7 Å². The molecule has 0 atom stereocenters. The Morgan fingerprint density at radius 2 is 1.76 bits per heavy atom. The number of carboxylic acids is 1. The van der Waals surface area contributed by atoms with Crippen molar-refractivity contribution in [1.82, 2.24) is 0 Å². The lowest BCUT2D eigenvalue weighted by atomic mass is 10.1. The monoisotopic (exact) mass is 387 g/mol. The second kappa shape index (κ2) is 6.47. The number of anilines is 1. The molecule has 0 heterocycles. The number of nitrogens with one attached hydrogen (secondary N) is 1. The Morgan fingerprint density at radius 3 is 2.38 bits per heavy atom. The van der Waals surface area contributed by atoms with E-state index in [1.807, 2.05) is 0 Å². The van der Waals surface area contributed by atoms with E-state index in [2.05, 4.69) is 21.2 Å². The third kappa shape index (κ3) is 3.75. The van der Waals surface area contributed by atoms with E-state index in [4.69, 9.17) is 28.3 Å².